The van der Waals surface area contributed by atoms with Crippen molar-refractivity contribution in [2.45, 2.75) is 25.8 Å². The topological polar surface area (TPSA) is 29.9 Å². The first-order valence-corrected chi connectivity index (χ1v) is 7.40. The number of benzene rings is 1. The van der Waals surface area contributed by atoms with E-state index < -0.39 is 5.82 Å². The number of aromatic amines is 1. The smallest absolute Gasteiger partial charge is 0.178 e. The van der Waals surface area contributed by atoms with Gasteiger partial charge in [0, 0.05) is 26.3 Å². The average Bonchev–Trinajstić information content (AvgIpc) is 3.12. The van der Waals surface area contributed by atoms with Gasteiger partial charge in [-0.3, -0.25) is 0 Å². The number of hydrogen-bond acceptors (Lipinski definition) is 2. The summed E-state index contributed by atoms with van der Waals surface area (Å²) in [6.45, 7) is 1.55. The second-order valence-electron chi connectivity index (χ2n) is 5.54. The van der Waals surface area contributed by atoms with Crippen molar-refractivity contribution in [1.82, 2.24) is 9.55 Å². The molecule has 108 valence electrons. The maximum Gasteiger partial charge on any atom is 0.178 e. The zero-order valence-corrected chi connectivity index (χ0v) is 12.8. The summed E-state index contributed by atoms with van der Waals surface area (Å²) >= 11 is 11.2. The third-order valence-electron chi connectivity index (χ3n) is 4.10. The molecule has 6 heteroatoms. The quantitative estimate of drug-likeness (QED) is 0.834. The van der Waals surface area contributed by atoms with Crippen molar-refractivity contribution in [3.63, 3.8) is 0 Å². The molecule has 1 fully saturated rings. The van der Waals surface area contributed by atoms with Gasteiger partial charge in [0.15, 0.2) is 4.77 Å². The molecule has 0 amide bonds. The monoisotopic (exact) mass is 314 g/mol. The molecule has 3 rings (SSSR count). The van der Waals surface area contributed by atoms with Crippen molar-refractivity contribution in [2.75, 3.05) is 13.7 Å². The summed E-state index contributed by atoms with van der Waals surface area (Å²) in [5.74, 6) is -0.413. The highest BCUT2D eigenvalue weighted by atomic mass is 35.5. The van der Waals surface area contributed by atoms with E-state index in [0.29, 0.717) is 4.77 Å². The van der Waals surface area contributed by atoms with Gasteiger partial charge in [-0.2, -0.15) is 0 Å². The van der Waals surface area contributed by atoms with E-state index in [1.807, 2.05) is 4.57 Å². The molecule has 3 nitrogen and oxygen atoms in total. The number of fused-ring (bicyclic) bond motifs is 1. The third kappa shape index (κ3) is 2.50. The van der Waals surface area contributed by atoms with Crippen LogP contribution < -0.4 is 0 Å². The van der Waals surface area contributed by atoms with Gasteiger partial charge >= 0.3 is 0 Å². The van der Waals surface area contributed by atoms with E-state index in [-0.39, 0.29) is 10.4 Å². The predicted octanol–water partition coefficient (Wildman–Crippen LogP) is 4.31. The first-order chi connectivity index (χ1) is 9.54. The molecule has 0 bridgehead atoms. The number of halogens is 2. The lowest BCUT2D eigenvalue weighted by molar-refractivity contribution is 0.167. The Bertz CT molecular complexity index is 705. The molecule has 0 aliphatic heterocycles. The van der Waals surface area contributed by atoms with Crippen LogP contribution in [0.3, 0.4) is 0 Å². The molecule has 1 aromatic carbocycles. The van der Waals surface area contributed by atoms with Gasteiger partial charge in [-0.1, -0.05) is 11.6 Å². The molecule has 1 heterocycles. The maximum atomic E-state index is 13.7. The molecule has 0 atom stereocenters. The van der Waals surface area contributed by atoms with E-state index in [0.717, 1.165) is 30.6 Å². The van der Waals surface area contributed by atoms with Crippen LogP contribution in [0.4, 0.5) is 4.39 Å². The summed E-state index contributed by atoms with van der Waals surface area (Å²) in [6.07, 6.45) is 3.34. The highest BCUT2D eigenvalue weighted by Crippen LogP contribution is 2.50. The van der Waals surface area contributed by atoms with Crippen molar-refractivity contribution in [2.24, 2.45) is 5.41 Å². The van der Waals surface area contributed by atoms with Crippen LogP contribution >= 0.6 is 23.8 Å². The molecule has 0 spiro atoms. The lowest BCUT2D eigenvalue weighted by Crippen LogP contribution is -2.14. The molecule has 1 aliphatic rings. The zero-order valence-electron chi connectivity index (χ0n) is 11.2. The normalized spacial score (nSPS) is 16.8. The predicted molar refractivity (Wildman–Crippen MR) is 80.3 cm³/mol. The third-order valence-corrected chi connectivity index (χ3v) is 4.72. The van der Waals surface area contributed by atoms with Gasteiger partial charge in [0.25, 0.3) is 0 Å². The van der Waals surface area contributed by atoms with Crippen molar-refractivity contribution in [1.29, 1.82) is 0 Å². The minimum atomic E-state index is -0.413. The Hall–Kier alpha value is -0.910. The second-order valence-corrected chi connectivity index (χ2v) is 6.34. The Kier molecular flexibility index (Phi) is 3.60. The molecule has 0 saturated heterocycles. The molecule has 1 N–H and O–H groups in total. The molecular weight excluding hydrogens is 299 g/mol. The summed E-state index contributed by atoms with van der Waals surface area (Å²) in [5.41, 5.74) is 1.81. The van der Waals surface area contributed by atoms with Crippen LogP contribution in [0.1, 0.15) is 19.3 Å². The van der Waals surface area contributed by atoms with Gasteiger partial charge in [0.05, 0.1) is 16.1 Å². The first kappa shape index (κ1) is 14.0. The van der Waals surface area contributed by atoms with Crippen LogP contribution in [0.2, 0.25) is 5.02 Å². The van der Waals surface area contributed by atoms with Crippen molar-refractivity contribution < 1.29 is 9.13 Å². The van der Waals surface area contributed by atoms with Crippen LogP contribution in [0, 0.1) is 16.0 Å². The number of ether oxygens (including phenoxy) is 1. The van der Waals surface area contributed by atoms with Crippen LogP contribution in [-0.2, 0) is 11.3 Å². The van der Waals surface area contributed by atoms with E-state index in [1.165, 1.54) is 18.9 Å². The number of nitrogens with zero attached hydrogens (tertiary/aromatic N) is 1. The number of aromatic nitrogens is 2. The highest BCUT2D eigenvalue weighted by Gasteiger charge is 2.42. The molecule has 1 aromatic heterocycles. The number of imidazole rings is 1. The minimum Gasteiger partial charge on any atom is -0.385 e. The van der Waals surface area contributed by atoms with Crippen molar-refractivity contribution in [3.8, 4) is 0 Å². The fourth-order valence-corrected chi connectivity index (χ4v) is 3.06. The standard InChI is InChI=1S/C14H16ClFN2OS/c1-19-5-4-14(2-3-14)8-18-12-7-10(16)9(15)6-11(12)17-13(18)20/h6-7H,2-5,8H2,1H3,(H,17,20). The number of methoxy groups -OCH3 is 1. The van der Waals surface area contributed by atoms with Gasteiger partial charge in [0.1, 0.15) is 5.82 Å². The maximum absolute atomic E-state index is 13.7. The molecule has 2 aromatic rings. The molecule has 20 heavy (non-hydrogen) atoms. The fourth-order valence-electron chi connectivity index (χ4n) is 2.63. The molecule has 0 radical (unpaired) electrons. The van der Waals surface area contributed by atoms with Gasteiger partial charge in [-0.25, -0.2) is 4.39 Å². The zero-order chi connectivity index (χ0) is 14.3. The van der Waals surface area contributed by atoms with Crippen molar-refractivity contribution in [3.05, 3.63) is 27.7 Å². The second kappa shape index (κ2) is 5.13. The van der Waals surface area contributed by atoms with E-state index in [9.17, 15) is 4.39 Å². The van der Waals surface area contributed by atoms with E-state index >= 15 is 0 Å². The Morgan fingerprint density at radius 1 is 1.50 bits per heavy atom. The largest absolute Gasteiger partial charge is 0.385 e. The van der Waals surface area contributed by atoms with Gasteiger partial charge in [-0.15, -0.1) is 0 Å². The fraction of sp³-hybridized carbons (Fsp3) is 0.500. The van der Waals surface area contributed by atoms with Crippen LogP contribution in [0.25, 0.3) is 11.0 Å². The Balaban J connectivity index is 1.97. The average molecular weight is 315 g/mol. The lowest BCUT2D eigenvalue weighted by atomic mass is 10.0. The van der Waals surface area contributed by atoms with Crippen LogP contribution in [0.15, 0.2) is 12.1 Å². The first-order valence-electron chi connectivity index (χ1n) is 6.61. The van der Waals surface area contributed by atoms with Gasteiger partial charge in [-0.05, 0) is 43.0 Å². The number of hydrogen-bond donors (Lipinski definition) is 1. The Labute approximate surface area is 126 Å². The molecule has 1 saturated carbocycles. The summed E-state index contributed by atoms with van der Waals surface area (Å²) in [7, 11) is 1.71. The van der Waals surface area contributed by atoms with Gasteiger partial charge in [0.2, 0.25) is 0 Å². The van der Waals surface area contributed by atoms with E-state index in [4.69, 9.17) is 28.6 Å². The summed E-state index contributed by atoms with van der Waals surface area (Å²) in [5, 5.41) is 0.112. The summed E-state index contributed by atoms with van der Waals surface area (Å²) in [6, 6.07) is 3.05. The molecular formula is C14H16ClFN2OS. The number of rotatable bonds is 5. The highest BCUT2D eigenvalue weighted by molar-refractivity contribution is 7.71. The Morgan fingerprint density at radius 3 is 2.90 bits per heavy atom. The number of nitrogens with one attached hydrogen (secondary N) is 1. The Morgan fingerprint density at radius 2 is 2.25 bits per heavy atom. The summed E-state index contributed by atoms with van der Waals surface area (Å²) < 4.78 is 21.4. The lowest BCUT2D eigenvalue weighted by Gasteiger charge is -2.16. The van der Waals surface area contributed by atoms with Crippen LogP contribution in [-0.4, -0.2) is 23.3 Å². The molecule has 0 unspecified atom stereocenters. The summed E-state index contributed by atoms with van der Waals surface area (Å²) in [4.78, 5) is 3.10. The van der Waals surface area contributed by atoms with E-state index in [1.54, 1.807) is 13.2 Å². The minimum absolute atomic E-state index is 0.112. The molecule has 1 aliphatic carbocycles. The van der Waals surface area contributed by atoms with E-state index in [2.05, 4.69) is 4.98 Å². The number of H-pyrrole nitrogens is 1. The van der Waals surface area contributed by atoms with Crippen LogP contribution in [0.5, 0.6) is 0 Å². The van der Waals surface area contributed by atoms with Crippen molar-refractivity contribution >= 4 is 34.9 Å². The van der Waals surface area contributed by atoms with Gasteiger partial charge < -0.3 is 14.3 Å². The SMILES string of the molecule is COCCC1(Cn2c(=S)[nH]c3cc(Cl)c(F)cc32)CC1.